The number of guanidine groups is 1. The third-order valence-corrected chi connectivity index (χ3v) is 5.47. The molecule has 2 aromatic rings. The Morgan fingerprint density at radius 1 is 1.14 bits per heavy atom. The molecular formula is C22H34N6. The first-order valence-corrected chi connectivity index (χ1v) is 10.5. The Morgan fingerprint density at radius 2 is 1.93 bits per heavy atom. The van der Waals surface area contributed by atoms with Crippen molar-refractivity contribution in [3.8, 4) is 0 Å². The molecule has 28 heavy (non-hydrogen) atoms. The Hall–Kier alpha value is -2.34. The molecule has 2 N–H and O–H groups in total. The van der Waals surface area contributed by atoms with Gasteiger partial charge < -0.3 is 10.6 Å². The number of rotatable bonds is 7. The van der Waals surface area contributed by atoms with Crippen molar-refractivity contribution >= 4 is 5.96 Å². The highest BCUT2D eigenvalue weighted by Crippen LogP contribution is 2.19. The van der Waals surface area contributed by atoms with Crippen LogP contribution in [-0.2, 0) is 26.7 Å². The summed E-state index contributed by atoms with van der Waals surface area (Å²) in [5, 5.41) is 10.9. The minimum Gasteiger partial charge on any atom is -0.357 e. The molecule has 1 aliphatic rings. The largest absolute Gasteiger partial charge is 0.357 e. The molecule has 1 aromatic carbocycles. The molecule has 6 heteroatoms. The number of benzene rings is 1. The van der Waals surface area contributed by atoms with Crippen LogP contribution >= 0.6 is 0 Å². The average Bonchev–Trinajstić information content (AvgIpc) is 3.12. The van der Waals surface area contributed by atoms with Gasteiger partial charge >= 0.3 is 0 Å². The first-order chi connectivity index (χ1) is 13.7. The minimum absolute atomic E-state index is 0.668. The Balaban J connectivity index is 1.54. The van der Waals surface area contributed by atoms with Crippen LogP contribution in [0.15, 0.2) is 41.5 Å². The second-order valence-electron chi connectivity index (χ2n) is 7.63. The normalized spacial score (nSPS) is 18.2. The van der Waals surface area contributed by atoms with E-state index in [2.05, 4.69) is 58.7 Å². The maximum atomic E-state index is 4.72. The van der Waals surface area contributed by atoms with E-state index in [9.17, 15) is 0 Å². The number of likely N-dealkylation sites (tertiary alicyclic amines) is 1. The lowest BCUT2D eigenvalue weighted by Gasteiger charge is -2.33. The van der Waals surface area contributed by atoms with Gasteiger partial charge in [-0.05, 0) is 50.4 Å². The topological polar surface area (TPSA) is 57.5 Å². The number of piperidine rings is 1. The molecule has 0 bridgehead atoms. The van der Waals surface area contributed by atoms with E-state index in [1.165, 1.54) is 36.9 Å². The average molecular weight is 383 g/mol. The summed E-state index contributed by atoms with van der Waals surface area (Å²) < 4.78 is 1.87. The molecule has 1 aromatic heterocycles. The van der Waals surface area contributed by atoms with Crippen LogP contribution in [0.3, 0.4) is 0 Å². The van der Waals surface area contributed by atoms with Gasteiger partial charge in [0.15, 0.2) is 5.96 Å². The van der Waals surface area contributed by atoms with Gasteiger partial charge in [0.05, 0.1) is 18.8 Å². The fourth-order valence-corrected chi connectivity index (χ4v) is 3.64. The summed E-state index contributed by atoms with van der Waals surface area (Å²) in [7, 11) is 1.95. The van der Waals surface area contributed by atoms with Crippen molar-refractivity contribution in [2.75, 3.05) is 13.1 Å². The molecule has 2 heterocycles. The highest BCUT2D eigenvalue weighted by atomic mass is 15.3. The Labute approximate surface area is 169 Å². The van der Waals surface area contributed by atoms with Gasteiger partial charge in [-0.1, -0.05) is 30.7 Å². The number of aryl methyl sites for hydroxylation is 1. The summed E-state index contributed by atoms with van der Waals surface area (Å²) in [4.78, 5) is 7.32. The molecule has 0 amide bonds. The number of aliphatic imine (C=N–C) groups is 1. The molecule has 1 fully saturated rings. The number of hydrogen-bond donors (Lipinski definition) is 2. The van der Waals surface area contributed by atoms with Crippen LogP contribution in [0.25, 0.3) is 0 Å². The van der Waals surface area contributed by atoms with E-state index in [1.54, 1.807) is 0 Å². The van der Waals surface area contributed by atoms with Crippen molar-refractivity contribution in [1.29, 1.82) is 0 Å². The molecule has 0 radical (unpaired) electrons. The van der Waals surface area contributed by atoms with E-state index in [1.807, 2.05) is 24.0 Å². The van der Waals surface area contributed by atoms with Crippen molar-refractivity contribution in [2.24, 2.45) is 12.0 Å². The van der Waals surface area contributed by atoms with Crippen molar-refractivity contribution in [2.45, 2.75) is 58.8 Å². The molecular weight excluding hydrogens is 348 g/mol. The van der Waals surface area contributed by atoms with Gasteiger partial charge in [0.25, 0.3) is 0 Å². The summed E-state index contributed by atoms with van der Waals surface area (Å²) >= 11 is 0. The van der Waals surface area contributed by atoms with Gasteiger partial charge in [0.1, 0.15) is 0 Å². The molecule has 152 valence electrons. The van der Waals surface area contributed by atoms with Crippen molar-refractivity contribution in [3.05, 3.63) is 53.3 Å². The van der Waals surface area contributed by atoms with Crippen LogP contribution in [0.1, 0.15) is 49.9 Å². The maximum Gasteiger partial charge on any atom is 0.191 e. The van der Waals surface area contributed by atoms with E-state index in [4.69, 9.17) is 4.99 Å². The van der Waals surface area contributed by atoms with E-state index in [-0.39, 0.29) is 0 Å². The molecule has 0 aliphatic carbocycles. The van der Waals surface area contributed by atoms with Crippen LogP contribution in [0.5, 0.6) is 0 Å². The Bertz CT molecular complexity index is 749. The van der Waals surface area contributed by atoms with Gasteiger partial charge in [-0.3, -0.25) is 9.58 Å². The van der Waals surface area contributed by atoms with Gasteiger partial charge in [-0.2, -0.15) is 5.10 Å². The lowest BCUT2D eigenvalue weighted by atomic mass is 10.0. The van der Waals surface area contributed by atoms with E-state index in [0.29, 0.717) is 19.1 Å². The van der Waals surface area contributed by atoms with E-state index >= 15 is 0 Å². The Kier molecular flexibility index (Phi) is 7.48. The van der Waals surface area contributed by atoms with Crippen molar-refractivity contribution in [1.82, 2.24) is 25.3 Å². The van der Waals surface area contributed by atoms with Gasteiger partial charge in [-0.25, -0.2) is 4.99 Å². The highest BCUT2D eigenvalue weighted by Gasteiger charge is 2.17. The fourth-order valence-electron chi connectivity index (χ4n) is 3.64. The molecule has 0 saturated carbocycles. The third kappa shape index (κ3) is 5.83. The molecule has 1 saturated heterocycles. The van der Waals surface area contributed by atoms with E-state index < -0.39 is 0 Å². The molecule has 1 unspecified atom stereocenters. The van der Waals surface area contributed by atoms with Crippen LogP contribution in [0.2, 0.25) is 0 Å². The number of aromatic nitrogens is 2. The van der Waals surface area contributed by atoms with Gasteiger partial charge in [0, 0.05) is 32.4 Å². The zero-order chi connectivity index (χ0) is 19.8. The van der Waals surface area contributed by atoms with Crippen LogP contribution in [0.4, 0.5) is 0 Å². The zero-order valence-corrected chi connectivity index (χ0v) is 17.5. The fraction of sp³-hybridized carbons (Fsp3) is 0.545. The summed E-state index contributed by atoms with van der Waals surface area (Å²) in [6, 6.07) is 11.6. The second kappa shape index (κ2) is 10.3. The lowest BCUT2D eigenvalue weighted by Crippen LogP contribution is -2.37. The van der Waals surface area contributed by atoms with E-state index in [0.717, 1.165) is 24.7 Å². The first kappa shape index (κ1) is 20.4. The number of nitrogens with one attached hydrogen (secondary N) is 2. The minimum atomic E-state index is 0.668. The SMILES string of the molecule is CCNC(=NCc1ccc(CN2CCCCC2C)cc1)NCc1ccnn1C. The number of hydrogen-bond acceptors (Lipinski definition) is 3. The molecule has 0 spiro atoms. The predicted molar refractivity (Wildman–Crippen MR) is 115 cm³/mol. The summed E-state index contributed by atoms with van der Waals surface area (Å²) in [6.07, 6.45) is 5.84. The summed E-state index contributed by atoms with van der Waals surface area (Å²) in [6.45, 7) is 8.92. The van der Waals surface area contributed by atoms with Gasteiger partial charge in [-0.15, -0.1) is 0 Å². The predicted octanol–water partition coefficient (Wildman–Crippen LogP) is 3.05. The smallest absolute Gasteiger partial charge is 0.191 e. The van der Waals surface area contributed by atoms with Crippen LogP contribution in [0, 0.1) is 0 Å². The lowest BCUT2D eigenvalue weighted by molar-refractivity contribution is 0.152. The molecule has 6 nitrogen and oxygen atoms in total. The second-order valence-corrected chi connectivity index (χ2v) is 7.63. The summed E-state index contributed by atoms with van der Waals surface area (Å²) in [5.41, 5.74) is 3.75. The van der Waals surface area contributed by atoms with Crippen molar-refractivity contribution < 1.29 is 0 Å². The summed E-state index contributed by atoms with van der Waals surface area (Å²) in [5.74, 6) is 0.829. The van der Waals surface area contributed by atoms with Crippen LogP contribution < -0.4 is 10.6 Å². The zero-order valence-electron chi connectivity index (χ0n) is 17.5. The first-order valence-electron chi connectivity index (χ1n) is 10.5. The Morgan fingerprint density at radius 3 is 2.61 bits per heavy atom. The van der Waals surface area contributed by atoms with Gasteiger partial charge in [0.2, 0.25) is 0 Å². The van der Waals surface area contributed by atoms with Crippen LogP contribution in [-0.4, -0.2) is 39.8 Å². The van der Waals surface area contributed by atoms with Crippen molar-refractivity contribution in [3.63, 3.8) is 0 Å². The highest BCUT2D eigenvalue weighted by molar-refractivity contribution is 5.79. The maximum absolute atomic E-state index is 4.72. The third-order valence-electron chi connectivity index (χ3n) is 5.47. The quantitative estimate of drug-likeness (QED) is 0.571. The monoisotopic (exact) mass is 382 g/mol. The molecule has 1 aliphatic heterocycles. The molecule has 1 atom stereocenters. The number of nitrogens with zero attached hydrogens (tertiary/aromatic N) is 4. The molecule has 3 rings (SSSR count). The standard InChI is InChI=1S/C22H34N6/c1-4-23-22(25-16-21-12-13-26-27(21)3)24-15-19-8-10-20(11-9-19)17-28-14-6-5-7-18(28)2/h8-13,18H,4-7,14-17H2,1-3H3,(H2,23,24,25).